The van der Waals surface area contributed by atoms with Crippen molar-refractivity contribution < 1.29 is 4.74 Å². The monoisotopic (exact) mass is 293 g/mol. The SMILES string of the molecule is CSCCCCCCNCC1OCCc2ccccc21. The van der Waals surface area contributed by atoms with Gasteiger partial charge in [0.05, 0.1) is 12.7 Å². The Morgan fingerprint density at radius 3 is 2.95 bits per heavy atom. The Labute approximate surface area is 127 Å². The summed E-state index contributed by atoms with van der Waals surface area (Å²) in [6.07, 6.45) is 8.84. The van der Waals surface area contributed by atoms with E-state index < -0.39 is 0 Å². The molecule has 2 nitrogen and oxygen atoms in total. The number of hydrogen-bond acceptors (Lipinski definition) is 3. The van der Waals surface area contributed by atoms with E-state index in [9.17, 15) is 0 Å². The van der Waals surface area contributed by atoms with Crippen LogP contribution in [0, 0.1) is 0 Å². The van der Waals surface area contributed by atoms with Crippen molar-refractivity contribution in [1.82, 2.24) is 5.32 Å². The molecule has 0 bridgehead atoms. The third-order valence-electron chi connectivity index (χ3n) is 3.87. The van der Waals surface area contributed by atoms with Crippen molar-refractivity contribution in [1.29, 1.82) is 0 Å². The van der Waals surface area contributed by atoms with Crippen molar-refractivity contribution in [3.05, 3.63) is 35.4 Å². The lowest BCUT2D eigenvalue weighted by molar-refractivity contribution is 0.0426. The molecule has 0 saturated heterocycles. The van der Waals surface area contributed by atoms with E-state index in [2.05, 4.69) is 35.8 Å². The summed E-state index contributed by atoms with van der Waals surface area (Å²) in [5.41, 5.74) is 2.84. The fraction of sp³-hybridized carbons (Fsp3) is 0.647. The molecule has 112 valence electrons. The number of nitrogens with one attached hydrogen (secondary N) is 1. The van der Waals surface area contributed by atoms with Crippen LogP contribution in [0.15, 0.2) is 24.3 Å². The van der Waals surface area contributed by atoms with Gasteiger partial charge >= 0.3 is 0 Å². The molecule has 0 aliphatic carbocycles. The molecule has 1 aliphatic heterocycles. The highest BCUT2D eigenvalue weighted by Gasteiger charge is 2.19. The van der Waals surface area contributed by atoms with Gasteiger partial charge in [-0.2, -0.15) is 11.8 Å². The van der Waals surface area contributed by atoms with Gasteiger partial charge in [-0.15, -0.1) is 0 Å². The second kappa shape index (κ2) is 9.43. The van der Waals surface area contributed by atoms with E-state index in [-0.39, 0.29) is 6.10 Å². The van der Waals surface area contributed by atoms with Gasteiger partial charge in [0.25, 0.3) is 0 Å². The lowest BCUT2D eigenvalue weighted by Crippen LogP contribution is -2.28. The molecule has 0 aromatic heterocycles. The molecule has 1 N–H and O–H groups in total. The van der Waals surface area contributed by atoms with E-state index in [1.165, 1.54) is 42.6 Å². The standard InChI is InChI=1S/C17H27NOS/c1-20-13-7-3-2-6-11-18-14-17-16-9-5-4-8-15(16)10-12-19-17/h4-5,8-9,17-18H,2-3,6-7,10-14H2,1H3. The summed E-state index contributed by atoms with van der Waals surface area (Å²) < 4.78 is 5.90. The smallest absolute Gasteiger partial charge is 0.0952 e. The van der Waals surface area contributed by atoms with Crippen LogP contribution in [0.3, 0.4) is 0 Å². The Hall–Kier alpha value is -0.510. The van der Waals surface area contributed by atoms with E-state index >= 15 is 0 Å². The number of rotatable bonds is 9. The number of hydrogen-bond donors (Lipinski definition) is 1. The molecule has 0 amide bonds. The summed E-state index contributed by atoms with van der Waals surface area (Å²) in [6.45, 7) is 2.92. The first kappa shape index (κ1) is 15.9. The fourth-order valence-electron chi connectivity index (χ4n) is 2.73. The molecule has 0 saturated carbocycles. The molecule has 1 aliphatic rings. The minimum atomic E-state index is 0.247. The Morgan fingerprint density at radius 2 is 2.05 bits per heavy atom. The summed E-state index contributed by atoms with van der Waals surface area (Å²) in [5, 5.41) is 3.56. The zero-order chi connectivity index (χ0) is 14.0. The van der Waals surface area contributed by atoms with Crippen molar-refractivity contribution >= 4 is 11.8 Å². The zero-order valence-electron chi connectivity index (χ0n) is 12.6. The van der Waals surface area contributed by atoms with Crippen molar-refractivity contribution in [3.63, 3.8) is 0 Å². The van der Waals surface area contributed by atoms with Crippen LogP contribution in [-0.4, -0.2) is 31.7 Å². The number of benzene rings is 1. The molecule has 1 aromatic carbocycles. The van der Waals surface area contributed by atoms with E-state index in [4.69, 9.17) is 4.74 Å². The summed E-state index contributed by atoms with van der Waals surface area (Å²) in [7, 11) is 0. The number of thioether (sulfide) groups is 1. The molecule has 3 heteroatoms. The molecule has 0 fully saturated rings. The topological polar surface area (TPSA) is 21.3 Å². The van der Waals surface area contributed by atoms with Gasteiger partial charge in [-0.1, -0.05) is 37.1 Å². The van der Waals surface area contributed by atoms with Gasteiger partial charge in [-0.25, -0.2) is 0 Å². The molecule has 1 unspecified atom stereocenters. The largest absolute Gasteiger partial charge is 0.372 e. The van der Waals surface area contributed by atoms with Crippen LogP contribution in [0.5, 0.6) is 0 Å². The molecule has 0 spiro atoms. The first-order valence-electron chi connectivity index (χ1n) is 7.81. The van der Waals surface area contributed by atoms with E-state index in [0.29, 0.717) is 0 Å². The van der Waals surface area contributed by atoms with Crippen LogP contribution < -0.4 is 5.32 Å². The quantitative estimate of drug-likeness (QED) is 0.700. The van der Waals surface area contributed by atoms with Crippen LogP contribution in [0.25, 0.3) is 0 Å². The first-order valence-corrected chi connectivity index (χ1v) is 9.20. The van der Waals surface area contributed by atoms with Crippen LogP contribution in [0.1, 0.15) is 42.9 Å². The molecule has 1 atom stereocenters. The van der Waals surface area contributed by atoms with E-state index in [1.54, 1.807) is 0 Å². The van der Waals surface area contributed by atoms with Gasteiger partial charge in [-0.05, 0) is 48.9 Å². The Kier molecular flexibility index (Phi) is 7.48. The van der Waals surface area contributed by atoms with Crippen LogP contribution in [-0.2, 0) is 11.2 Å². The molecule has 1 aromatic rings. The average molecular weight is 293 g/mol. The second-order valence-corrected chi connectivity index (χ2v) is 6.40. The highest BCUT2D eigenvalue weighted by Crippen LogP contribution is 2.26. The maximum Gasteiger partial charge on any atom is 0.0952 e. The van der Waals surface area contributed by atoms with Crippen molar-refractivity contribution in [2.24, 2.45) is 0 Å². The zero-order valence-corrected chi connectivity index (χ0v) is 13.4. The van der Waals surface area contributed by atoms with Gasteiger partial charge in [0.15, 0.2) is 0 Å². The van der Waals surface area contributed by atoms with Gasteiger partial charge in [-0.3, -0.25) is 0 Å². The molecule has 0 radical (unpaired) electrons. The number of fused-ring (bicyclic) bond motifs is 1. The number of unbranched alkanes of at least 4 members (excludes halogenated alkanes) is 3. The molecular weight excluding hydrogens is 266 g/mol. The van der Waals surface area contributed by atoms with E-state index in [0.717, 1.165) is 26.1 Å². The third-order valence-corrected chi connectivity index (χ3v) is 4.57. The normalized spacial score (nSPS) is 17.9. The molecule has 2 rings (SSSR count). The van der Waals surface area contributed by atoms with Crippen LogP contribution in [0.4, 0.5) is 0 Å². The average Bonchev–Trinajstić information content (AvgIpc) is 2.50. The minimum Gasteiger partial charge on any atom is -0.372 e. The van der Waals surface area contributed by atoms with Gasteiger partial charge in [0, 0.05) is 6.54 Å². The van der Waals surface area contributed by atoms with Gasteiger partial charge in [0.1, 0.15) is 0 Å². The lowest BCUT2D eigenvalue weighted by atomic mass is 9.97. The van der Waals surface area contributed by atoms with Crippen molar-refractivity contribution in [2.45, 2.75) is 38.2 Å². The predicted octanol–water partition coefficient (Wildman–Crippen LogP) is 3.81. The summed E-state index contributed by atoms with van der Waals surface area (Å²) in [4.78, 5) is 0. The lowest BCUT2D eigenvalue weighted by Gasteiger charge is -2.26. The summed E-state index contributed by atoms with van der Waals surface area (Å²) in [5.74, 6) is 1.31. The van der Waals surface area contributed by atoms with Gasteiger partial charge < -0.3 is 10.1 Å². The fourth-order valence-corrected chi connectivity index (χ4v) is 3.22. The first-order chi connectivity index (χ1) is 9.92. The molecular formula is C17H27NOS. The molecule has 1 heterocycles. The summed E-state index contributed by atoms with van der Waals surface area (Å²) >= 11 is 1.95. The highest BCUT2D eigenvalue weighted by molar-refractivity contribution is 7.98. The van der Waals surface area contributed by atoms with Crippen LogP contribution >= 0.6 is 11.8 Å². The predicted molar refractivity (Wildman–Crippen MR) is 88.6 cm³/mol. The molecule has 20 heavy (non-hydrogen) atoms. The third kappa shape index (κ3) is 5.12. The van der Waals surface area contributed by atoms with Crippen molar-refractivity contribution in [3.8, 4) is 0 Å². The van der Waals surface area contributed by atoms with E-state index in [1.807, 2.05) is 11.8 Å². The van der Waals surface area contributed by atoms with Gasteiger partial charge in [0.2, 0.25) is 0 Å². The Morgan fingerprint density at radius 1 is 1.20 bits per heavy atom. The minimum absolute atomic E-state index is 0.247. The highest BCUT2D eigenvalue weighted by atomic mass is 32.2. The van der Waals surface area contributed by atoms with Crippen LogP contribution in [0.2, 0.25) is 0 Å². The number of ether oxygens (including phenoxy) is 1. The maximum atomic E-state index is 5.90. The summed E-state index contributed by atoms with van der Waals surface area (Å²) in [6, 6.07) is 8.69. The van der Waals surface area contributed by atoms with Crippen molar-refractivity contribution in [2.75, 3.05) is 31.7 Å². The maximum absolute atomic E-state index is 5.90. The Balaban J connectivity index is 1.61. The Bertz CT molecular complexity index is 383. The second-order valence-electron chi connectivity index (χ2n) is 5.42.